The van der Waals surface area contributed by atoms with E-state index >= 15 is 0 Å². The Morgan fingerprint density at radius 2 is 0.884 bits per heavy atom. The third kappa shape index (κ3) is 7.67. The first kappa shape index (κ1) is 44.8. The molecule has 0 radical (unpaired) electrons. The van der Waals surface area contributed by atoms with Crippen LogP contribution in [0.1, 0.15) is 33.5 Å². The van der Waals surface area contributed by atoms with Crippen molar-refractivity contribution in [1.82, 2.24) is 14.1 Å². The third-order valence-corrected chi connectivity index (χ3v) is 12.2. The molecule has 16 heteroatoms. The van der Waals surface area contributed by atoms with Gasteiger partial charge in [-0.3, -0.25) is 4.98 Å². The Balaban J connectivity index is 1.27. The van der Waals surface area contributed by atoms with Crippen LogP contribution in [0.4, 0.5) is 52.7 Å². The topological polar surface area (TPSA) is 46.5 Å². The number of aromatic nitrogens is 3. The fraction of sp³-hybridized carbons (Fsp3) is 0.0943. The van der Waals surface area contributed by atoms with E-state index in [2.05, 4.69) is 6.07 Å². The number of fused-ring (bicyclic) bond motifs is 6. The summed E-state index contributed by atoms with van der Waals surface area (Å²) in [5.41, 5.74) is -3.51. The number of halogens is 12. The summed E-state index contributed by atoms with van der Waals surface area (Å²) in [7, 11) is 0. The van der Waals surface area contributed by atoms with Crippen LogP contribution in [0.5, 0.6) is 0 Å². The Kier molecular flexibility index (Phi) is 10.2. The molecule has 0 spiro atoms. The summed E-state index contributed by atoms with van der Waals surface area (Å²) in [6.45, 7) is 1.74. The van der Waals surface area contributed by atoms with Gasteiger partial charge in [0.2, 0.25) is 0 Å². The van der Waals surface area contributed by atoms with Crippen LogP contribution in [0, 0.1) is 18.3 Å². The maximum Gasteiger partial charge on any atom is 0.417 e. The summed E-state index contributed by atoms with van der Waals surface area (Å²) >= 11 is 0. The van der Waals surface area contributed by atoms with Gasteiger partial charge in [-0.25, -0.2) is 0 Å². The number of pyridine rings is 1. The van der Waals surface area contributed by atoms with E-state index < -0.39 is 58.1 Å². The summed E-state index contributed by atoms with van der Waals surface area (Å²) in [5.74, 6) is 0. The molecular weight excluding hydrogens is 921 g/mol. The van der Waals surface area contributed by atoms with E-state index in [-0.39, 0.29) is 34.5 Å². The van der Waals surface area contributed by atoms with E-state index in [1.54, 1.807) is 107 Å². The van der Waals surface area contributed by atoms with Gasteiger partial charge in [-0.05, 0) is 102 Å². The van der Waals surface area contributed by atoms with Gasteiger partial charge in [-0.2, -0.15) is 57.9 Å². The van der Waals surface area contributed by atoms with Crippen LogP contribution in [0.25, 0.3) is 88.5 Å². The zero-order valence-electron chi connectivity index (χ0n) is 35.3. The van der Waals surface area contributed by atoms with Crippen LogP contribution in [0.15, 0.2) is 152 Å². The molecule has 10 rings (SSSR count). The first-order valence-corrected chi connectivity index (χ1v) is 20.8. The van der Waals surface area contributed by atoms with E-state index in [9.17, 15) is 57.9 Å². The van der Waals surface area contributed by atoms with E-state index in [4.69, 9.17) is 4.98 Å². The van der Waals surface area contributed by atoms with Gasteiger partial charge < -0.3 is 9.13 Å². The van der Waals surface area contributed by atoms with Gasteiger partial charge in [0.05, 0.1) is 67.0 Å². The summed E-state index contributed by atoms with van der Waals surface area (Å²) in [5, 5.41) is 13.4. The lowest BCUT2D eigenvalue weighted by Gasteiger charge is -2.19. The number of hydrogen-bond acceptors (Lipinski definition) is 2. The SMILES string of the molecule is Cc1cccc(-c2cc(-n3c4ccccc4c4ccc(-c5ccc(C(F)(F)F)cc5C(F)(F)F)cc43)c(C#N)cc2-n2c3ccccc3c3ccc(-c4ccc(C(F)(F)F)cc4C(F)(F)F)cc32)n1. The summed E-state index contributed by atoms with van der Waals surface area (Å²) < 4.78 is 173. The Bertz CT molecular complexity index is 3770. The highest BCUT2D eigenvalue weighted by atomic mass is 19.4. The van der Waals surface area contributed by atoms with Gasteiger partial charge in [-0.15, -0.1) is 0 Å². The zero-order valence-corrected chi connectivity index (χ0v) is 35.3. The fourth-order valence-electron chi connectivity index (χ4n) is 9.14. The molecule has 69 heavy (non-hydrogen) atoms. The molecule has 10 aromatic rings. The van der Waals surface area contributed by atoms with Crippen LogP contribution in [-0.2, 0) is 24.7 Å². The van der Waals surface area contributed by atoms with Crippen molar-refractivity contribution in [3.8, 4) is 51.0 Å². The number of hydrogen-bond donors (Lipinski definition) is 0. The summed E-state index contributed by atoms with van der Waals surface area (Å²) in [6, 6.07) is 36.2. The van der Waals surface area contributed by atoms with Crippen molar-refractivity contribution in [2.75, 3.05) is 0 Å². The van der Waals surface area contributed by atoms with Crippen molar-refractivity contribution in [3.05, 3.63) is 185 Å². The van der Waals surface area contributed by atoms with E-state index in [0.717, 1.165) is 12.1 Å². The van der Waals surface area contributed by atoms with Crippen molar-refractivity contribution in [2.45, 2.75) is 31.6 Å². The second-order valence-corrected chi connectivity index (χ2v) is 16.3. The highest BCUT2D eigenvalue weighted by Crippen LogP contribution is 2.46. The second-order valence-electron chi connectivity index (χ2n) is 16.3. The molecule has 0 saturated heterocycles. The molecule has 7 aromatic carbocycles. The molecule has 3 aromatic heterocycles. The van der Waals surface area contributed by atoms with Gasteiger partial charge >= 0.3 is 24.7 Å². The lowest BCUT2D eigenvalue weighted by molar-refractivity contribution is -0.144. The fourth-order valence-corrected chi connectivity index (χ4v) is 9.14. The average Bonchev–Trinajstić information content (AvgIpc) is 3.81. The molecule has 3 heterocycles. The predicted molar refractivity (Wildman–Crippen MR) is 239 cm³/mol. The largest absolute Gasteiger partial charge is 0.417 e. The first-order chi connectivity index (χ1) is 32.6. The van der Waals surface area contributed by atoms with Gasteiger partial charge in [-0.1, -0.05) is 78.9 Å². The first-order valence-electron chi connectivity index (χ1n) is 20.8. The van der Waals surface area contributed by atoms with Crippen molar-refractivity contribution < 1.29 is 52.7 Å². The summed E-state index contributed by atoms with van der Waals surface area (Å²) in [6.07, 6.45) is -20.5. The molecule has 0 N–H and O–H groups in total. The van der Waals surface area contributed by atoms with E-state index in [0.29, 0.717) is 78.4 Å². The minimum atomic E-state index is -5.18. The van der Waals surface area contributed by atoms with Crippen molar-refractivity contribution in [2.24, 2.45) is 0 Å². The molecule has 0 atom stereocenters. The number of benzene rings is 7. The number of para-hydroxylation sites is 2. The van der Waals surface area contributed by atoms with Crippen LogP contribution >= 0.6 is 0 Å². The molecule has 0 aliphatic carbocycles. The maximum atomic E-state index is 14.6. The number of nitrogens with zero attached hydrogens (tertiary/aromatic N) is 4. The maximum absolute atomic E-state index is 14.6. The van der Waals surface area contributed by atoms with Crippen LogP contribution in [-0.4, -0.2) is 14.1 Å². The number of alkyl halides is 12. The van der Waals surface area contributed by atoms with Crippen LogP contribution < -0.4 is 0 Å². The van der Waals surface area contributed by atoms with Gasteiger partial charge in [0.25, 0.3) is 0 Å². The Hall–Kier alpha value is -8.06. The normalized spacial score (nSPS) is 12.7. The molecule has 0 amide bonds. The minimum Gasteiger partial charge on any atom is -0.308 e. The van der Waals surface area contributed by atoms with Gasteiger partial charge in [0, 0.05) is 32.8 Å². The number of nitriles is 1. The predicted octanol–water partition coefficient (Wildman–Crippen LogP) is 16.5. The molecule has 0 aliphatic heterocycles. The third-order valence-electron chi connectivity index (χ3n) is 12.2. The van der Waals surface area contributed by atoms with Crippen molar-refractivity contribution in [1.29, 1.82) is 5.26 Å². The number of aryl methyl sites for hydroxylation is 1. The van der Waals surface area contributed by atoms with E-state index in [1.807, 2.05) is 0 Å². The lowest BCUT2D eigenvalue weighted by atomic mass is 9.95. The molecule has 4 nitrogen and oxygen atoms in total. The van der Waals surface area contributed by atoms with Gasteiger partial charge in [0.15, 0.2) is 0 Å². The second kappa shape index (κ2) is 15.8. The molecule has 0 unspecified atom stereocenters. The zero-order chi connectivity index (χ0) is 48.9. The highest BCUT2D eigenvalue weighted by molar-refractivity contribution is 6.12. The number of rotatable bonds is 5. The quantitative estimate of drug-likeness (QED) is 0.161. The lowest BCUT2D eigenvalue weighted by Crippen LogP contribution is -2.12. The van der Waals surface area contributed by atoms with Crippen molar-refractivity contribution >= 4 is 43.6 Å². The van der Waals surface area contributed by atoms with E-state index in [1.165, 1.54) is 24.3 Å². The molecule has 0 saturated carbocycles. The molecule has 0 aliphatic rings. The Morgan fingerprint density at radius 1 is 0.420 bits per heavy atom. The Morgan fingerprint density at radius 3 is 1.33 bits per heavy atom. The van der Waals surface area contributed by atoms with Crippen LogP contribution in [0.3, 0.4) is 0 Å². The molecular formula is C53H28F12N4. The smallest absolute Gasteiger partial charge is 0.308 e. The van der Waals surface area contributed by atoms with Crippen LogP contribution in [0.2, 0.25) is 0 Å². The molecule has 0 bridgehead atoms. The monoisotopic (exact) mass is 948 g/mol. The average molecular weight is 949 g/mol. The Labute approximate surface area is 382 Å². The molecule has 0 fully saturated rings. The summed E-state index contributed by atoms with van der Waals surface area (Å²) in [4.78, 5) is 4.81. The minimum absolute atomic E-state index is 0.0177. The highest BCUT2D eigenvalue weighted by Gasteiger charge is 2.40. The standard InChI is InChI=1S/C53H28F12N4/c1-28-7-6-10-43(67-28)40-26-46(68-44-11-4-2-8-36(44)38-17-13-29(21-47(38)68)34-19-15-32(50(54,55)56)24-41(34)52(60,61)62)31(27-66)23-49(40)69-45-12-5-3-9-37(45)39-18-14-30(22-48(39)69)35-20-16-33(51(57,58)59)25-42(35)53(63,64)65/h2-26H,1H3. The molecule has 344 valence electrons. The van der Waals surface area contributed by atoms with Gasteiger partial charge in [0.1, 0.15) is 6.07 Å². The van der Waals surface area contributed by atoms with Crippen molar-refractivity contribution in [3.63, 3.8) is 0 Å².